The van der Waals surface area contributed by atoms with Crippen LogP contribution in [0.3, 0.4) is 0 Å². The number of likely N-dealkylation sites (N-methyl/N-ethyl adjacent to an activating group) is 1. The Morgan fingerprint density at radius 3 is 2.34 bits per heavy atom. The third-order valence-corrected chi connectivity index (χ3v) is 8.46. The van der Waals surface area contributed by atoms with E-state index in [4.69, 9.17) is 16.3 Å². The van der Waals surface area contributed by atoms with Crippen LogP contribution in [0.15, 0.2) is 66.0 Å². The van der Waals surface area contributed by atoms with Crippen LogP contribution in [0.2, 0.25) is 5.02 Å². The van der Waals surface area contributed by atoms with E-state index in [-0.39, 0.29) is 40.1 Å². The Bertz CT molecular complexity index is 1600. The van der Waals surface area contributed by atoms with Gasteiger partial charge in [-0.15, -0.1) is 0 Å². The summed E-state index contributed by atoms with van der Waals surface area (Å²) in [5.41, 5.74) is 1.84. The van der Waals surface area contributed by atoms with E-state index in [1.165, 1.54) is 49.2 Å². The summed E-state index contributed by atoms with van der Waals surface area (Å²) in [5.74, 6) is -1.63. The average molecular weight is 668 g/mol. The molecule has 0 spiro atoms. The normalized spacial score (nSPS) is 11.7. The molecule has 236 valence electrons. The minimum Gasteiger partial charge on any atom is -1.00 e. The smallest absolute Gasteiger partial charge is 0.251 e. The van der Waals surface area contributed by atoms with Crippen molar-refractivity contribution in [1.82, 2.24) is 14.9 Å². The van der Waals surface area contributed by atoms with Gasteiger partial charge in [-0.1, -0.05) is 43.3 Å². The largest absolute Gasteiger partial charge is 1.00 e. The van der Waals surface area contributed by atoms with Gasteiger partial charge in [-0.3, -0.25) is 9.36 Å². The minimum absolute atomic E-state index is 0. The Balaban J connectivity index is 0.00000529. The molecule has 0 atom stereocenters. The summed E-state index contributed by atoms with van der Waals surface area (Å²) in [4.78, 5) is 17.2. The minimum atomic E-state index is -0.690. The van der Waals surface area contributed by atoms with Gasteiger partial charge in [0.15, 0.2) is 16.7 Å². The number of quaternary nitrogens is 1. The Morgan fingerprint density at radius 2 is 1.73 bits per heavy atom. The molecule has 12 heteroatoms. The van der Waals surface area contributed by atoms with Crippen molar-refractivity contribution in [3.63, 3.8) is 0 Å². The highest BCUT2D eigenvalue weighted by molar-refractivity contribution is 7.98. The van der Waals surface area contributed by atoms with Crippen molar-refractivity contribution in [1.29, 1.82) is 0 Å². The fourth-order valence-electron chi connectivity index (χ4n) is 4.53. The molecule has 0 aliphatic heterocycles. The van der Waals surface area contributed by atoms with E-state index in [0.29, 0.717) is 28.4 Å². The summed E-state index contributed by atoms with van der Waals surface area (Å²) < 4.78 is 51.1. The van der Waals surface area contributed by atoms with Crippen molar-refractivity contribution in [2.45, 2.75) is 30.2 Å². The van der Waals surface area contributed by atoms with Crippen LogP contribution < -0.4 is 22.5 Å². The summed E-state index contributed by atoms with van der Waals surface area (Å²) >= 11 is 7.72. The van der Waals surface area contributed by atoms with E-state index in [9.17, 15) is 13.6 Å². The second kappa shape index (κ2) is 14.3. The highest BCUT2D eigenvalue weighted by atomic mass is 35.5. The molecule has 1 amide bonds. The lowest BCUT2D eigenvalue weighted by atomic mass is 9.81. The van der Waals surface area contributed by atoms with Crippen LogP contribution in [0.1, 0.15) is 41.0 Å². The third kappa shape index (κ3) is 8.10. The standard InChI is InChI=1S/C32H34ClF3N4O2S.ClH/c1-32(2,21-7-12-26(35)28(17-21)42-6)29-18-38-31(39(29)23-10-8-22(34)9-11-23)43-19-24-25(33)15-20(16-27(24)36)30(41)37-13-14-40(3,4)5;/h7-12,15-18H,13-14,19H2,1-6H3;1H. The van der Waals surface area contributed by atoms with Crippen molar-refractivity contribution in [3.05, 3.63) is 106 Å². The molecule has 0 saturated carbocycles. The third-order valence-electron chi connectivity index (χ3n) is 7.14. The number of nitrogens with zero attached hydrogens (tertiary/aromatic N) is 3. The number of imidazole rings is 1. The number of methoxy groups -OCH3 is 1. The molecule has 4 rings (SSSR count). The van der Waals surface area contributed by atoms with Gasteiger partial charge in [-0.25, -0.2) is 18.2 Å². The van der Waals surface area contributed by atoms with E-state index in [0.717, 1.165) is 11.3 Å². The van der Waals surface area contributed by atoms with Crippen molar-refractivity contribution in [3.8, 4) is 11.4 Å². The molecule has 0 aliphatic rings. The topological polar surface area (TPSA) is 56.1 Å². The van der Waals surface area contributed by atoms with Crippen molar-refractivity contribution in [2.75, 3.05) is 41.3 Å². The molecular weight excluding hydrogens is 632 g/mol. The molecular formula is C32H35Cl2F3N4O2S. The quantitative estimate of drug-likeness (QED) is 0.194. The van der Waals surface area contributed by atoms with E-state index >= 15 is 4.39 Å². The number of hydrogen-bond acceptors (Lipinski definition) is 4. The molecule has 0 fully saturated rings. The highest BCUT2D eigenvalue weighted by Crippen LogP contribution is 2.39. The summed E-state index contributed by atoms with van der Waals surface area (Å²) in [7, 11) is 7.45. The zero-order valence-electron chi connectivity index (χ0n) is 25.4. The molecule has 0 saturated heterocycles. The molecule has 44 heavy (non-hydrogen) atoms. The van der Waals surface area contributed by atoms with Crippen LogP contribution in [0.25, 0.3) is 5.69 Å². The van der Waals surface area contributed by atoms with Gasteiger partial charge in [-0.2, -0.15) is 0 Å². The lowest BCUT2D eigenvalue weighted by molar-refractivity contribution is -0.869. The summed E-state index contributed by atoms with van der Waals surface area (Å²) in [6.07, 6.45) is 1.70. The Hall–Kier alpha value is -3.18. The van der Waals surface area contributed by atoms with Gasteiger partial charge < -0.3 is 26.9 Å². The van der Waals surface area contributed by atoms with Gasteiger partial charge in [0.1, 0.15) is 11.6 Å². The molecule has 3 aromatic carbocycles. The predicted octanol–water partition coefficient (Wildman–Crippen LogP) is 4.01. The Kier molecular flexibility index (Phi) is 11.5. The van der Waals surface area contributed by atoms with E-state index in [2.05, 4.69) is 10.3 Å². The van der Waals surface area contributed by atoms with Crippen LogP contribution in [0.4, 0.5) is 13.2 Å². The van der Waals surface area contributed by atoms with Crippen molar-refractivity contribution < 1.29 is 39.6 Å². The fraction of sp³-hybridized carbons (Fsp3) is 0.312. The highest BCUT2D eigenvalue weighted by Gasteiger charge is 2.30. The Labute approximate surface area is 271 Å². The van der Waals surface area contributed by atoms with Gasteiger partial charge in [0, 0.05) is 33.0 Å². The molecule has 1 N–H and O–H groups in total. The number of carbonyl (C=O) groups excluding carboxylic acids is 1. The predicted molar refractivity (Wildman–Crippen MR) is 165 cm³/mol. The van der Waals surface area contributed by atoms with Gasteiger partial charge >= 0.3 is 0 Å². The number of thioether (sulfide) groups is 1. The van der Waals surface area contributed by atoms with E-state index < -0.39 is 28.8 Å². The number of amides is 1. The second-order valence-corrected chi connectivity index (χ2v) is 13.0. The van der Waals surface area contributed by atoms with Crippen molar-refractivity contribution >= 4 is 29.3 Å². The molecule has 0 unspecified atom stereocenters. The van der Waals surface area contributed by atoms with E-state index in [1.807, 2.05) is 39.6 Å². The van der Waals surface area contributed by atoms with Gasteiger partial charge in [0.05, 0.1) is 53.2 Å². The van der Waals surface area contributed by atoms with Crippen LogP contribution in [-0.2, 0) is 11.2 Å². The second-order valence-electron chi connectivity index (χ2n) is 11.7. The van der Waals surface area contributed by atoms with Gasteiger partial charge in [-0.05, 0) is 54.1 Å². The number of ether oxygens (including phenoxy) is 1. The molecule has 1 heterocycles. The lowest BCUT2D eigenvalue weighted by Crippen LogP contribution is -3.00. The lowest BCUT2D eigenvalue weighted by Gasteiger charge is -2.28. The molecule has 4 aromatic rings. The number of halogens is 5. The molecule has 0 aliphatic carbocycles. The summed E-state index contributed by atoms with van der Waals surface area (Å²) in [5, 5.41) is 3.45. The maximum absolute atomic E-state index is 15.3. The SMILES string of the molecule is COc1cc(C(C)(C)c2cnc(SCc3c(F)cc(C(=O)NCC[N+](C)(C)C)cc3Cl)n2-c2ccc(F)cc2)ccc1F.[Cl-]. The summed E-state index contributed by atoms with van der Waals surface area (Å²) in [6, 6.07) is 13.3. The zero-order chi connectivity index (χ0) is 31.5. The van der Waals surface area contributed by atoms with Crippen LogP contribution in [0.5, 0.6) is 5.75 Å². The van der Waals surface area contributed by atoms with Gasteiger partial charge in [0.25, 0.3) is 5.91 Å². The monoisotopic (exact) mass is 666 g/mol. The number of hydrogen-bond donors (Lipinski definition) is 1. The number of benzene rings is 3. The molecule has 1 aromatic heterocycles. The molecule has 6 nitrogen and oxygen atoms in total. The summed E-state index contributed by atoms with van der Waals surface area (Å²) in [6.45, 7) is 5.08. The first-order valence-corrected chi connectivity index (χ1v) is 14.9. The first-order valence-electron chi connectivity index (χ1n) is 13.6. The van der Waals surface area contributed by atoms with Crippen LogP contribution in [0, 0.1) is 17.5 Å². The van der Waals surface area contributed by atoms with E-state index in [1.54, 1.807) is 30.5 Å². The zero-order valence-corrected chi connectivity index (χ0v) is 27.7. The molecule has 0 radical (unpaired) electrons. The number of nitrogens with one attached hydrogen (secondary N) is 1. The maximum atomic E-state index is 15.3. The molecule has 0 bridgehead atoms. The Morgan fingerprint density at radius 1 is 1.05 bits per heavy atom. The number of carbonyl (C=O) groups is 1. The van der Waals surface area contributed by atoms with Crippen molar-refractivity contribution in [2.24, 2.45) is 0 Å². The number of aromatic nitrogens is 2. The maximum Gasteiger partial charge on any atom is 0.251 e. The average Bonchev–Trinajstić information content (AvgIpc) is 3.37. The first-order chi connectivity index (χ1) is 20.2. The van der Waals surface area contributed by atoms with Gasteiger partial charge in [0.2, 0.25) is 0 Å². The van der Waals surface area contributed by atoms with Crippen LogP contribution in [-0.4, -0.2) is 61.3 Å². The number of rotatable bonds is 11. The fourth-order valence-corrected chi connectivity index (χ4v) is 5.91. The van der Waals surface area contributed by atoms with Crippen LogP contribution >= 0.6 is 23.4 Å². The first kappa shape index (κ1) is 35.3.